The molecule has 0 radical (unpaired) electrons. The number of amides is 1. The van der Waals surface area contributed by atoms with Crippen molar-refractivity contribution in [2.24, 2.45) is 0 Å². The molecule has 1 saturated carbocycles. The molecule has 2 aromatic rings. The van der Waals surface area contributed by atoms with Gasteiger partial charge in [0.25, 0.3) is 0 Å². The zero-order chi connectivity index (χ0) is 17.3. The van der Waals surface area contributed by atoms with Crippen molar-refractivity contribution in [3.63, 3.8) is 0 Å². The standard InChI is InChI=1S/C19H19ClFNO2/c1-12(17(23)13-2-8-16(21)9-3-13)22-18(24)19(10-11-19)14-4-6-15(20)7-5-14/h2-9,12,17,23H,10-11H2,1H3,(H,22,24). The van der Waals surface area contributed by atoms with E-state index >= 15 is 0 Å². The van der Waals surface area contributed by atoms with Crippen molar-refractivity contribution in [1.29, 1.82) is 0 Å². The van der Waals surface area contributed by atoms with Gasteiger partial charge in [0.2, 0.25) is 5.91 Å². The van der Waals surface area contributed by atoms with Crippen molar-refractivity contribution in [3.8, 4) is 0 Å². The Bertz CT molecular complexity index is 726. The van der Waals surface area contributed by atoms with Gasteiger partial charge in [-0.2, -0.15) is 0 Å². The van der Waals surface area contributed by atoms with Crippen molar-refractivity contribution in [3.05, 3.63) is 70.5 Å². The third kappa shape index (κ3) is 3.30. The third-order valence-corrected chi connectivity index (χ3v) is 4.88. The number of carbonyl (C=O) groups excluding carboxylic acids is 1. The molecule has 0 spiro atoms. The van der Waals surface area contributed by atoms with Crippen LogP contribution in [0.25, 0.3) is 0 Å². The minimum atomic E-state index is -0.893. The maximum atomic E-state index is 13.0. The minimum Gasteiger partial charge on any atom is -0.386 e. The Morgan fingerprint density at radius 1 is 1.17 bits per heavy atom. The van der Waals surface area contributed by atoms with Gasteiger partial charge in [-0.3, -0.25) is 4.79 Å². The molecule has 3 nitrogen and oxygen atoms in total. The Kier molecular flexibility index (Phi) is 4.61. The highest BCUT2D eigenvalue weighted by Crippen LogP contribution is 2.48. The monoisotopic (exact) mass is 347 g/mol. The zero-order valence-corrected chi connectivity index (χ0v) is 14.1. The Morgan fingerprint density at radius 2 is 1.75 bits per heavy atom. The normalized spacial score (nSPS) is 17.8. The lowest BCUT2D eigenvalue weighted by atomic mass is 9.94. The number of halogens is 2. The van der Waals surface area contributed by atoms with Crippen molar-refractivity contribution in [2.45, 2.75) is 37.3 Å². The van der Waals surface area contributed by atoms with Crippen LogP contribution in [-0.4, -0.2) is 17.1 Å². The molecule has 2 atom stereocenters. The summed E-state index contributed by atoms with van der Waals surface area (Å²) >= 11 is 5.91. The molecule has 0 heterocycles. The van der Waals surface area contributed by atoms with Gasteiger partial charge in [-0.15, -0.1) is 0 Å². The van der Waals surface area contributed by atoms with Crippen LogP contribution in [0.4, 0.5) is 4.39 Å². The van der Waals surface area contributed by atoms with E-state index in [1.807, 2.05) is 12.1 Å². The first-order valence-corrected chi connectivity index (χ1v) is 8.31. The highest BCUT2D eigenvalue weighted by molar-refractivity contribution is 6.30. The molecule has 2 unspecified atom stereocenters. The first kappa shape index (κ1) is 16.9. The Hall–Kier alpha value is -1.91. The van der Waals surface area contributed by atoms with E-state index in [1.165, 1.54) is 24.3 Å². The summed E-state index contributed by atoms with van der Waals surface area (Å²) in [4.78, 5) is 12.7. The lowest BCUT2D eigenvalue weighted by molar-refractivity contribution is -0.125. The van der Waals surface area contributed by atoms with Crippen molar-refractivity contribution in [2.75, 3.05) is 0 Å². The molecular weight excluding hydrogens is 329 g/mol. The van der Waals surface area contributed by atoms with E-state index < -0.39 is 17.6 Å². The lowest BCUT2D eigenvalue weighted by Crippen LogP contribution is -2.43. The van der Waals surface area contributed by atoms with E-state index in [0.717, 1.165) is 18.4 Å². The number of hydrogen-bond donors (Lipinski definition) is 2. The predicted octanol–water partition coefficient (Wildman–Crippen LogP) is 3.75. The Balaban J connectivity index is 1.69. The second-order valence-electron chi connectivity index (χ2n) is 6.35. The average Bonchev–Trinajstić information content (AvgIpc) is 3.37. The summed E-state index contributed by atoms with van der Waals surface area (Å²) in [5, 5.41) is 13.9. The van der Waals surface area contributed by atoms with Gasteiger partial charge < -0.3 is 10.4 Å². The number of aliphatic hydroxyl groups is 1. The molecule has 1 aliphatic rings. The highest BCUT2D eigenvalue weighted by Gasteiger charge is 2.51. The first-order valence-electron chi connectivity index (χ1n) is 7.93. The Morgan fingerprint density at radius 3 is 2.29 bits per heavy atom. The summed E-state index contributed by atoms with van der Waals surface area (Å²) in [6.45, 7) is 1.74. The molecule has 2 aromatic carbocycles. The summed E-state index contributed by atoms with van der Waals surface area (Å²) in [5.74, 6) is -0.458. The number of hydrogen-bond acceptors (Lipinski definition) is 2. The van der Waals surface area contributed by atoms with Crippen LogP contribution in [0.1, 0.15) is 37.0 Å². The van der Waals surface area contributed by atoms with Crippen LogP contribution in [0.15, 0.2) is 48.5 Å². The smallest absolute Gasteiger partial charge is 0.230 e. The van der Waals surface area contributed by atoms with Crippen LogP contribution >= 0.6 is 11.6 Å². The molecule has 1 fully saturated rings. The molecular formula is C19H19ClFNO2. The SMILES string of the molecule is CC(NC(=O)C1(c2ccc(Cl)cc2)CC1)C(O)c1ccc(F)cc1. The van der Waals surface area contributed by atoms with E-state index in [1.54, 1.807) is 19.1 Å². The molecule has 3 rings (SSSR count). The number of benzene rings is 2. The second-order valence-corrected chi connectivity index (χ2v) is 6.78. The van der Waals surface area contributed by atoms with Crippen LogP contribution in [-0.2, 0) is 10.2 Å². The van der Waals surface area contributed by atoms with Crippen LogP contribution in [0.5, 0.6) is 0 Å². The third-order valence-electron chi connectivity index (χ3n) is 4.63. The fourth-order valence-electron chi connectivity index (χ4n) is 2.91. The number of nitrogens with one attached hydrogen (secondary N) is 1. The van der Waals surface area contributed by atoms with Crippen LogP contribution in [0.2, 0.25) is 5.02 Å². The zero-order valence-electron chi connectivity index (χ0n) is 13.3. The molecule has 24 heavy (non-hydrogen) atoms. The molecule has 126 valence electrons. The highest BCUT2D eigenvalue weighted by atomic mass is 35.5. The molecule has 0 saturated heterocycles. The molecule has 2 N–H and O–H groups in total. The van der Waals surface area contributed by atoms with Gasteiger partial charge in [-0.05, 0) is 55.2 Å². The molecule has 0 aliphatic heterocycles. The number of aliphatic hydroxyl groups excluding tert-OH is 1. The summed E-state index contributed by atoms with van der Waals surface area (Å²) in [6.07, 6.45) is 0.662. The average molecular weight is 348 g/mol. The van der Waals surface area contributed by atoms with E-state index in [4.69, 9.17) is 11.6 Å². The largest absolute Gasteiger partial charge is 0.386 e. The van der Waals surface area contributed by atoms with Gasteiger partial charge in [-0.25, -0.2) is 4.39 Å². The van der Waals surface area contributed by atoms with Crippen LogP contribution < -0.4 is 5.32 Å². The maximum absolute atomic E-state index is 13.0. The summed E-state index contributed by atoms with van der Waals surface area (Å²) in [5.41, 5.74) is 0.981. The quantitative estimate of drug-likeness (QED) is 0.865. The molecule has 0 aromatic heterocycles. The second kappa shape index (κ2) is 6.54. The fourth-order valence-corrected chi connectivity index (χ4v) is 3.04. The minimum absolute atomic E-state index is 0.0986. The number of rotatable bonds is 5. The molecule has 0 bridgehead atoms. The van der Waals surface area contributed by atoms with Gasteiger partial charge in [0, 0.05) is 5.02 Å². The van der Waals surface area contributed by atoms with Gasteiger partial charge in [0.1, 0.15) is 5.82 Å². The van der Waals surface area contributed by atoms with Crippen molar-refractivity contribution in [1.82, 2.24) is 5.32 Å². The van der Waals surface area contributed by atoms with Crippen LogP contribution in [0.3, 0.4) is 0 Å². The topological polar surface area (TPSA) is 49.3 Å². The predicted molar refractivity (Wildman–Crippen MR) is 91.3 cm³/mol. The molecule has 1 aliphatic carbocycles. The van der Waals surface area contributed by atoms with Crippen molar-refractivity contribution >= 4 is 17.5 Å². The van der Waals surface area contributed by atoms with Crippen molar-refractivity contribution < 1.29 is 14.3 Å². The summed E-state index contributed by atoms with van der Waals surface area (Å²) in [7, 11) is 0. The van der Waals surface area contributed by atoms with Gasteiger partial charge in [0.15, 0.2) is 0 Å². The number of carbonyl (C=O) groups is 1. The van der Waals surface area contributed by atoms with Gasteiger partial charge in [0.05, 0.1) is 17.6 Å². The maximum Gasteiger partial charge on any atom is 0.230 e. The van der Waals surface area contributed by atoms with E-state index in [-0.39, 0.29) is 11.7 Å². The van der Waals surface area contributed by atoms with Gasteiger partial charge in [-0.1, -0.05) is 35.9 Å². The fraction of sp³-hybridized carbons (Fsp3) is 0.316. The van der Waals surface area contributed by atoms with E-state index in [2.05, 4.69) is 5.32 Å². The van der Waals surface area contributed by atoms with E-state index in [0.29, 0.717) is 10.6 Å². The van der Waals surface area contributed by atoms with Gasteiger partial charge >= 0.3 is 0 Å². The molecule has 1 amide bonds. The molecule has 5 heteroatoms. The summed E-state index contributed by atoms with van der Waals surface area (Å²) in [6, 6.07) is 12.5. The van der Waals surface area contributed by atoms with E-state index in [9.17, 15) is 14.3 Å². The first-order chi connectivity index (χ1) is 11.4. The Labute approximate surface area is 145 Å². The van der Waals surface area contributed by atoms with Crippen LogP contribution in [0, 0.1) is 5.82 Å². The lowest BCUT2D eigenvalue weighted by Gasteiger charge is -2.24. The summed E-state index contributed by atoms with van der Waals surface area (Å²) < 4.78 is 13.0.